The zero-order chi connectivity index (χ0) is 26.0. The highest BCUT2D eigenvalue weighted by Gasteiger charge is 2.78. The van der Waals surface area contributed by atoms with Crippen LogP contribution in [0.1, 0.15) is 48.5 Å². The van der Waals surface area contributed by atoms with E-state index in [4.69, 9.17) is 11.5 Å². The summed E-state index contributed by atoms with van der Waals surface area (Å²) in [6.07, 6.45) is 0.255. The summed E-state index contributed by atoms with van der Waals surface area (Å²) in [7, 11) is 0. The van der Waals surface area contributed by atoms with Crippen molar-refractivity contribution in [3.8, 4) is 0 Å². The fourth-order valence-corrected chi connectivity index (χ4v) is 5.70. The number of nitrogens with one attached hydrogen (secondary N) is 4. The summed E-state index contributed by atoms with van der Waals surface area (Å²) in [5.41, 5.74) is 12.1. The first kappa shape index (κ1) is 24.0. The van der Waals surface area contributed by atoms with Gasteiger partial charge < -0.3 is 15.5 Å². The van der Waals surface area contributed by atoms with Crippen LogP contribution >= 0.6 is 0 Å². The second-order valence-electron chi connectivity index (χ2n) is 10.1. The molecule has 2 fully saturated rings. The third-order valence-corrected chi connectivity index (χ3v) is 7.61. The van der Waals surface area contributed by atoms with E-state index in [1.807, 2.05) is 19.9 Å². The van der Waals surface area contributed by atoms with Crippen LogP contribution in [0.2, 0.25) is 0 Å². The first-order chi connectivity index (χ1) is 17.0. The third-order valence-electron chi connectivity index (χ3n) is 7.61. The van der Waals surface area contributed by atoms with Crippen molar-refractivity contribution in [2.45, 2.75) is 62.2 Å². The van der Waals surface area contributed by atoms with E-state index in [2.05, 4.69) is 20.9 Å². The summed E-state index contributed by atoms with van der Waals surface area (Å²) < 4.78 is 1.50. The summed E-state index contributed by atoms with van der Waals surface area (Å²) >= 11 is 0. The average Bonchev–Trinajstić information content (AvgIpc) is 3.42. The molecule has 3 amide bonds. The molecule has 1 aromatic rings. The molecule has 0 aromatic heterocycles. The Morgan fingerprint density at radius 3 is 2.64 bits per heavy atom. The van der Waals surface area contributed by atoms with Crippen molar-refractivity contribution < 1.29 is 34.2 Å². The van der Waals surface area contributed by atoms with Crippen LogP contribution in [-0.4, -0.2) is 92.0 Å². The van der Waals surface area contributed by atoms with Gasteiger partial charge in [-0.05, 0) is 23.6 Å². The molecule has 0 bridgehead atoms. The van der Waals surface area contributed by atoms with Gasteiger partial charge in [-0.3, -0.25) is 41.1 Å². The van der Waals surface area contributed by atoms with E-state index in [1.54, 1.807) is 18.2 Å². The minimum absolute atomic E-state index is 0.0459. The smallest absolute Gasteiger partial charge is 0.347 e. The van der Waals surface area contributed by atoms with Gasteiger partial charge in [0.25, 0.3) is 17.4 Å². The van der Waals surface area contributed by atoms with Crippen molar-refractivity contribution in [1.29, 1.82) is 0 Å². The summed E-state index contributed by atoms with van der Waals surface area (Å²) in [5, 5.41) is 31.8. The Morgan fingerprint density at radius 1 is 1.28 bits per heavy atom. The molecule has 1 unspecified atom stereocenters. The molecular weight excluding hydrogens is 468 g/mol. The number of carbonyl (C=O) groups excluding carboxylic acids is 3. The zero-order valence-corrected chi connectivity index (χ0v) is 20.1. The van der Waals surface area contributed by atoms with Crippen LogP contribution in [0.15, 0.2) is 24.3 Å². The normalized spacial score (nSPS) is 30.6. The Morgan fingerprint density at radius 2 is 1.97 bits per heavy atom. The third kappa shape index (κ3) is 3.41. The van der Waals surface area contributed by atoms with E-state index in [0.717, 1.165) is 10.5 Å². The standard InChI is InChI=1S/C23H30N8O5/c1-11(2)12-4-3-5-13(8-12)19(34)27-15-10-31-21(25)26-14(9-30-16(32)6-7-17(30)33)18-22(31,23(15,35)36)29-20(24)28-18/h3-5,8,11,14-15,18,35-36H,6-7,9-10H2,1-2H3,(H6,24,25,26,27,28,29,34)/p+2/t14-,15?,18-,22-/m0/s1. The number of imide groups is 1. The van der Waals surface area contributed by atoms with Crippen LogP contribution in [-0.2, 0) is 9.59 Å². The number of hydrogen-bond donors (Lipinski definition) is 8. The van der Waals surface area contributed by atoms with Crippen LogP contribution in [0.4, 0.5) is 0 Å². The number of aliphatic hydroxyl groups is 2. The van der Waals surface area contributed by atoms with Gasteiger partial charge in [-0.25, -0.2) is 9.89 Å². The topological polar surface area (TPSA) is 200 Å². The van der Waals surface area contributed by atoms with E-state index in [1.165, 1.54) is 4.58 Å². The van der Waals surface area contributed by atoms with Crippen molar-refractivity contribution in [2.24, 2.45) is 11.5 Å². The molecule has 4 atom stereocenters. The van der Waals surface area contributed by atoms with Crippen LogP contribution < -0.4 is 32.4 Å². The number of hydrogen-bond acceptors (Lipinski definition) is 9. The molecule has 36 heavy (non-hydrogen) atoms. The number of nitrogens with two attached hydrogens (primary N) is 2. The zero-order valence-electron chi connectivity index (χ0n) is 20.1. The number of carbonyl (C=O) groups is 3. The first-order valence-corrected chi connectivity index (χ1v) is 12.0. The summed E-state index contributed by atoms with van der Waals surface area (Å²) in [6.45, 7) is 3.94. The predicted molar refractivity (Wildman–Crippen MR) is 126 cm³/mol. The highest BCUT2D eigenvalue weighted by atomic mass is 16.5. The maximum atomic E-state index is 13.1. The SMILES string of the molecule is CC(C)c1cccc(C(=O)NC2C[N+]3=C(N)N[C@@H](CN4C(=O)CCC4=O)[C@@H]4[NH+]=C(N)N[C@@]43C2(O)O)c1. The predicted octanol–water partition coefficient (Wildman–Crippen LogP) is -4.89. The molecule has 13 nitrogen and oxygen atoms in total. The number of guanidine groups is 2. The van der Waals surface area contributed by atoms with Crippen LogP contribution in [0.3, 0.4) is 0 Å². The molecule has 4 heterocycles. The van der Waals surface area contributed by atoms with Crippen LogP contribution in [0.5, 0.6) is 0 Å². The lowest BCUT2D eigenvalue weighted by Gasteiger charge is -2.41. The lowest BCUT2D eigenvalue weighted by molar-refractivity contribution is -0.674. The van der Waals surface area contributed by atoms with Gasteiger partial charge in [-0.1, -0.05) is 26.0 Å². The lowest BCUT2D eigenvalue weighted by Crippen LogP contribution is -2.92. The molecule has 5 rings (SSSR count). The Labute approximate surface area is 207 Å². The molecule has 0 aliphatic carbocycles. The average molecular weight is 501 g/mol. The monoisotopic (exact) mass is 500 g/mol. The highest BCUT2D eigenvalue weighted by molar-refractivity contribution is 6.02. The molecule has 0 radical (unpaired) electrons. The second-order valence-corrected chi connectivity index (χ2v) is 10.1. The maximum Gasteiger partial charge on any atom is 0.347 e. The number of amides is 3. The molecule has 0 saturated carbocycles. The van der Waals surface area contributed by atoms with Gasteiger partial charge in [0.15, 0.2) is 6.04 Å². The molecule has 13 heteroatoms. The summed E-state index contributed by atoms with van der Waals surface area (Å²) in [4.78, 5) is 41.7. The van der Waals surface area contributed by atoms with E-state index in [0.29, 0.717) is 5.56 Å². The lowest BCUT2D eigenvalue weighted by atomic mass is 9.85. The van der Waals surface area contributed by atoms with Crippen molar-refractivity contribution in [2.75, 3.05) is 13.1 Å². The van der Waals surface area contributed by atoms with Gasteiger partial charge in [0.2, 0.25) is 11.8 Å². The fourth-order valence-electron chi connectivity index (χ4n) is 5.70. The largest absolute Gasteiger partial charge is 0.358 e. The van der Waals surface area contributed by atoms with Crippen molar-refractivity contribution in [1.82, 2.24) is 20.9 Å². The van der Waals surface area contributed by atoms with Gasteiger partial charge in [0.05, 0.1) is 13.1 Å². The van der Waals surface area contributed by atoms with Gasteiger partial charge >= 0.3 is 11.9 Å². The highest BCUT2D eigenvalue weighted by Crippen LogP contribution is 2.38. The maximum absolute atomic E-state index is 13.1. The minimum Gasteiger partial charge on any atom is -0.358 e. The molecule has 4 aliphatic rings. The molecule has 2 saturated heterocycles. The van der Waals surface area contributed by atoms with E-state index >= 15 is 0 Å². The van der Waals surface area contributed by atoms with Gasteiger partial charge in [0.1, 0.15) is 12.1 Å². The van der Waals surface area contributed by atoms with E-state index in [9.17, 15) is 24.6 Å². The molecular formula is C23H32N8O5+2. The first-order valence-electron chi connectivity index (χ1n) is 12.0. The van der Waals surface area contributed by atoms with Gasteiger partial charge in [0, 0.05) is 18.4 Å². The van der Waals surface area contributed by atoms with Crippen molar-refractivity contribution >= 4 is 29.6 Å². The van der Waals surface area contributed by atoms with Gasteiger partial charge in [-0.15, -0.1) is 0 Å². The Hall–Kier alpha value is -3.71. The fraction of sp³-hybridized carbons (Fsp3) is 0.522. The molecule has 1 aromatic carbocycles. The molecule has 1 spiro atoms. The molecule has 4 aliphatic heterocycles. The Bertz CT molecular complexity index is 1190. The van der Waals surface area contributed by atoms with Crippen LogP contribution in [0.25, 0.3) is 0 Å². The molecule has 192 valence electrons. The van der Waals surface area contributed by atoms with Crippen LogP contribution in [0, 0.1) is 0 Å². The Balaban J connectivity index is 1.46. The number of nitrogens with zero attached hydrogens (tertiary/aromatic N) is 2. The van der Waals surface area contributed by atoms with Gasteiger partial charge in [-0.2, -0.15) is 0 Å². The number of rotatable bonds is 5. The quantitative estimate of drug-likeness (QED) is 0.111. The number of likely N-dealkylation sites (tertiary alicyclic amines) is 1. The van der Waals surface area contributed by atoms with Crippen molar-refractivity contribution in [3.05, 3.63) is 35.4 Å². The second kappa shape index (κ2) is 8.17. The summed E-state index contributed by atoms with van der Waals surface area (Å²) in [6, 6.07) is 4.44. The summed E-state index contributed by atoms with van der Waals surface area (Å²) in [5.74, 6) is -3.27. The number of benzene rings is 1. The van der Waals surface area contributed by atoms with Crippen molar-refractivity contribution in [3.63, 3.8) is 0 Å². The minimum atomic E-state index is -2.55. The van der Waals surface area contributed by atoms with E-state index < -0.39 is 35.5 Å². The van der Waals surface area contributed by atoms with E-state index in [-0.39, 0.29) is 55.6 Å². The molecule has 10 N–H and O–H groups in total. The Kier molecular flexibility index (Phi) is 5.45.